The number of likely N-dealkylation sites (N-methyl/N-ethyl adjacent to an activating group) is 1. The molecule has 4 rings (SSSR count). The molecule has 0 unspecified atom stereocenters. The van der Waals surface area contributed by atoms with E-state index in [0.29, 0.717) is 21.8 Å². The average molecular weight is 516 g/mol. The Labute approximate surface area is 211 Å². The Morgan fingerprint density at radius 3 is 2.62 bits per heavy atom. The second kappa shape index (κ2) is 11.3. The van der Waals surface area contributed by atoms with Crippen LogP contribution in [-0.4, -0.2) is 54.7 Å². The van der Waals surface area contributed by atoms with Crippen LogP contribution in [0.25, 0.3) is 0 Å². The molecule has 2 atom stereocenters. The number of carbonyl (C=O) groups is 1. The van der Waals surface area contributed by atoms with Crippen LogP contribution in [-0.2, 0) is 11.2 Å². The number of carbonyl (C=O) groups excluding carboxylic acids is 1. The van der Waals surface area contributed by atoms with Gasteiger partial charge in [0, 0.05) is 18.0 Å². The Morgan fingerprint density at radius 1 is 1.19 bits per heavy atom. The van der Waals surface area contributed by atoms with Crippen LogP contribution in [0.4, 0.5) is 0 Å². The predicted octanol–water partition coefficient (Wildman–Crippen LogP) is 6.13. The first-order chi connectivity index (χ1) is 15.0. The molecule has 2 aliphatic rings. The summed E-state index contributed by atoms with van der Waals surface area (Å²) in [6, 6.07) is 12.1. The quantitative estimate of drug-likeness (QED) is 0.434. The molecule has 1 fully saturated rings. The third-order valence-corrected chi connectivity index (χ3v) is 8.15. The van der Waals surface area contributed by atoms with Crippen molar-refractivity contribution in [1.82, 2.24) is 9.80 Å². The molecule has 32 heavy (non-hydrogen) atoms. The van der Waals surface area contributed by atoms with Crippen molar-refractivity contribution in [3.8, 4) is 5.75 Å². The van der Waals surface area contributed by atoms with E-state index in [1.807, 2.05) is 36.2 Å². The lowest BCUT2D eigenvalue weighted by atomic mass is 9.82. The highest BCUT2D eigenvalue weighted by Crippen LogP contribution is 2.41. The number of amides is 1. The van der Waals surface area contributed by atoms with Gasteiger partial charge in [-0.15, -0.1) is 24.2 Å². The molecule has 1 amide bonds. The Morgan fingerprint density at radius 2 is 1.94 bits per heavy atom. The van der Waals surface area contributed by atoms with Crippen LogP contribution in [0.1, 0.15) is 36.4 Å². The second-order valence-electron chi connectivity index (χ2n) is 8.19. The van der Waals surface area contributed by atoms with Gasteiger partial charge in [0.2, 0.25) is 5.91 Å². The van der Waals surface area contributed by atoms with Crippen LogP contribution in [0.15, 0.2) is 41.3 Å². The highest BCUT2D eigenvalue weighted by molar-refractivity contribution is 8.00. The molecule has 0 spiro atoms. The van der Waals surface area contributed by atoms with Gasteiger partial charge in [-0.1, -0.05) is 35.3 Å². The molecule has 1 aliphatic heterocycles. The van der Waals surface area contributed by atoms with Crippen molar-refractivity contribution in [2.75, 3.05) is 33.0 Å². The maximum Gasteiger partial charge on any atom is 0.233 e. The summed E-state index contributed by atoms with van der Waals surface area (Å²) in [4.78, 5) is 18.8. The summed E-state index contributed by atoms with van der Waals surface area (Å²) < 4.78 is 5.64. The fourth-order valence-corrected chi connectivity index (χ4v) is 6.09. The van der Waals surface area contributed by atoms with Gasteiger partial charge in [0.05, 0.1) is 28.9 Å². The Kier molecular flexibility index (Phi) is 9.05. The van der Waals surface area contributed by atoms with Crippen LogP contribution >= 0.6 is 47.4 Å². The van der Waals surface area contributed by atoms with Gasteiger partial charge in [0.25, 0.3) is 0 Å². The zero-order chi connectivity index (χ0) is 22.0. The van der Waals surface area contributed by atoms with E-state index in [2.05, 4.69) is 11.0 Å². The summed E-state index contributed by atoms with van der Waals surface area (Å²) in [7, 11) is 3.67. The molecule has 1 heterocycles. The van der Waals surface area contributed by atoms with E-state index in [1.54, 1.807) is 13.2 Å². The molecule has 2 aromatic rings. The Bertz CT molecular complexity index is 953. The predicted molar refractivity (Wildman–Crippen MR) is 136 cm³/mol. The van der Waals surface area contributed by atoms with Gasteiger partial charge in [-0.2, -0.15) is 0 Å². The van der Waals surface area contributed by atoms with Crippen molar-refractivity contribution in [3.63, 3.8) is 0 Å². The van der Waals surface area contributed by atoms with E-state index in [4.69, 9.17) is 27.9 Å². The van der Waals surface area contributed by atoms with Gasteiger partial charge in [0.1, 0.15) is 5.75 Å². The summed E-state index contributed by atoms with van der Waals surface area (Å²) in [5, 5.41) is 1.03. The van der Waals surface area contributed by atoms with E-state index in [-0.39, 0.29) is 24.4 Å². The lowest BCUT2D eigenvalue weighted by molar-refractivity contribution is -0.131. The highest BCUT2D eigenvalue weighted by Gasteiger charge is 2.39. The summed E-state index contributed by atoms with van der Waals surface area (Å²) in [5.74, 6) is 1.39. The molecule has 174 valence electrons. The molecule has 2 aromatic carbocycles. The first-order valence-corrected chi connectivity index (χ1v) is 12.5. The monoisotopic (exact) mass is 514 g/mol. The lowest BCUT2D eigenvalue weighted by Gasteiger charge is -2.43. The number of rotatable bonds is 6. The molecule has 1 aliphatic carbocycles. The number of hydrogen-bond acceptors (Lipinski definition) is 4. The van der Waals surface area contributed by atoms with Gasteiger partial charge in [-0.3, -0.25) is 9.69 Å². The third-order valence-electron chi connectivity index (χ3n) is 6.44. The standard InChI is InChI=1S/C24H28Cl2N2O2S.ClH/c1-27(23(29)15-31-16-8-10-19(25)20(26)14-16)24-18-6-5-7-22(30-2)17(18)9-11-21(24)28-12-3-4-13-28;/h5-8,10,14,21,24H,3-4,9,11-13,15H2,1-2H3;1H/t21-,24-;/m0./s1. The average Bonchev–Trinajstić information content (AvgIpc) is 3.32. The number of ether oxygens (including phenoxy) is 1. The Hall–Kier alpha value is -1.11. The topological polar surface area (TPSA) is 32.8 Å². The number of fused-ring (bicyclic) bond motifs is 1. The van der Waals surface area contributed by atoms with Crippen molar-refractivity contribution in [2.45, 2.75) is 42.7 Å². The maximum absolute atomic E-state index is 13.3. The second-order valence-corrected chi connectivity index (χ2v) is 10.1. The first kappa shape index (κ1) is 25.5. The van der Waals surface area contributed by atoms with Crippen LogP contribution in [0, 0.1) is 0 Å². The van der Waals surface area contributed by atoms with E-state index in [9.17, 15) is 4.79 Å². The third kappa shape index (κ3) is 5.34. The normalized spacial score (nSPS) is 20.4. The Balaban J connectivity index is 0.00000289. The van der Waals surface area contributed by atoms with Gasteiger partial charge in [-0.25, -0.2) is 0 Å². The van der Waals surface area contributed by atoms with Crippen molar-refractivity contribution < 1.29 is 9.53 Å². The van der Waals surface area contributed by atoms with E-state index < -0.39 is 0 Å². The van der Waals surface area contributed by atoms with Gasteiger partial charge < -0.3 is 9.64 Å². The minimum absolute atomic E-state index is 0. The van der Waals surface area contributed by atoms with E-state index >= 15 is 0 Å². The number of methoxy groups -OCH3 is 1. The summed E-state index contributed by atoms with van der Waals surface area (Å²) in [6.45, 7) is 2.22. The molecule has 0 N–H and O–H groups in total. The largest absolute Gasteiger partial charge is 0.496 e. The van der Waals surface area contributed by atoms with Gasteiger partial charge >= 0.3 is 0 Å². The maximum atomic E-state index is 13.3. The number of likely N-dealkylation sites (tertiary alicyclic amines) is 1. The van der Waals surface area contributed by atoms with Crippen LogP contribution in [0.5, 0.6) is 5.75 Å². The summed E-state index contributed by atoms with van der Waals surface area (Å²) >= 11 is 13.6. The molecule has 0 aromatic heterocycles. The minimum atomic E-state index is 0. The van der Waals surface area contributed by atoms with Crippen molar-refractivity contribution in [3.05, 3.63) is 57.6 Å². The van der Waals surface area contributed by atoms with Crippen molar-refractivity contribution in [1.29, 1.82) is 0 Å². The number of halogens is 3. The molecule has 0 radical (unpaired) electrons. The minimum Gasteiger partial charge on any atom is -0.496 e. The van der Waals surface area contributed by atoms with E-state index in [1.165, 1.54) is 35.7 Å². The molecular formula is C24H29Cl3N2O2S. The van der Waals surface area contributed by atoms with Crippen molar-refractivity contribution >= 4 is 53.3 Å². The number of nitrogens with zero attached hydrogens (tertiary/aromatic N) is 2. The zero-order valence-corrected chi connectivity index (χ0v) is 21.5. The molecule has 0 saturated carbocycles. The lowest BCUT2D eigenvalue weighted by Crippen LogP contribution is -2.48. The van der Waals surface area contributed by atoms with Crippen LogP contribution in [0.2, 0.25) is 10.0 Å². The SMILES string of the molecule is COc1cccc2c1CC[C@H](N1CCCC1)[C@H]2N(C)C(=O)CSc1ccc(Cl)c(Cl)c1.Cl. The summed E-state index contributed by atoms with van der Waals surface area (Å²) in [6.07, 6.45) is 4.49. The van der Waals surface area contributed by atoms with Gasteiger partial charge in [0.15, 0.2) is 0 Å². The molecular weight excluding hydrogens is 487 g/mol. The molecule has 0 bridgehead atoms. The van der Waals surface area contributed by atoms with E-state index in [0.717, 1.165) is 36.6 Å². The smallest absolute Gasteiger partial charge is 0.233 e. The number of thioether (sulfide) groups is 1. The van der Waals surface area contributed by atoms with Crippen molar-refractivity contribution in [2.24, 2.45) is 0 Å². The number of hydrogen-bond donors (Lipinski definition) is 0. The molecule has 4 nitrogen and oxygen atoms in total. The highest BCUT2D eigenvalue weighted by atomic mass is 35.5. The fourth-order valence-electron chi connectivity index (χ4n) is 4.87. The molecule has 1 saturated heterocycles. The zero-order valence-electron chi connectivity index (χ0n) is 18.4. The first-order valence-electron chi connectivity index (χ1n) is 10.7. The summed E-state index contributed by atoms with van der Waals surface area (Å²) in [5.41, 5.74) is 2.46. The number of benzene rings is 2. The molecule has 8 heteroatoms. The fraction of sp³-hybridized carbons (Fsp3) is 0.458. The van der Waals surface area contributed by atoms with Crippen LogP contribution in [0.3, 0.4) is 0 Å². The van der Waals surface area contributed by atoms with Gasteiger partial charge in [-0.05, 0) is 74.2 Å². The van der Waals surface area contributed by atoms with Crippen LogP contribution < -0.4 is 4.74 Å².